The first kappa shape index (κ1) is 15.3. The van der Waals surface area contributed by atoms with Crippen molar-refractivity contribution >= 4 is 11.0 Å². The maximum absolute atomic E-state index is 11.8. The lowest BCUT2D eigenvalue weighted by Crippen LogP contribution is -2.19. The quantitative estimate of drug-likeness (QED) is 0.722. The molecule has 23 heavy (non-hydrogen) atoms. The second-order valence-corrected chi connectivity index (χ2v) is 5.69. The number of aryl methyl sites for hydroxylation is 1. The summed E-state index contributed by atoms with van der Waals surface area (Å²) in [6, 6.07) is 15.2. The van der Waals surface area contributed by atoms with Crippen LogP contribution in [0.5, 0.6) is 5.75 Å². The lowest BCUT2D eigenvalue weighted by Gasteiger charge is -2.15. The molecule has 4 nitrogen and oxygen atoms in total. The van der Waals surface area contributed by atoms with E-state index in [1.54, 1.807) is 19.1 Å². The van der Waals surface area contributed by atoms with Crippen molar-refractivity contribution in [2.24, 2.45) is 0 Å². The summed E-state index contributed by atoms with van der Waals surface area (Å²) in [5, 5.41) is 14.1. The molecule has 3 rings (SSSR count). The fourth-order valence-electron chi connectivity index (χ4n) is 2.68. The van der Waals surface area contributed by atoms with Crippen LogP contribution in [0, 0.1) is 6.92 Å². The maximum Gasteiger partial charge on any atom is 0.336 e. The largest absolute Gasteiger partial charge is 0.508 e. The van der Waals surface area contributed by atoms with Gasteiger partial charge in [-0.15, -0.1) is 0 Å². The molecule has 0 saturated carbocycles. The molecule has 2 aromatic carbocycles. The summed E-state index contributed by atoms with van der Waals surface area (Å²) in [5.74, 6) is 0.128. The predicted molar refractivity (Wildman–Crippen MR) is 90.6 cm³/mol. The van der Waals surface area contributed by atoms with E-state index in [2.05, 4.69) is 24.4 Å². The Hall–Kier alpha value is -2.59. The monoisotopic (exact) mass is 309 g/mol. The smallest absolute Gasteiger partial charge is 0.336 e. The zero-order valence-electron chi connectivity index (χ0n) is 13.2. The fourth-order valence-corrected chi connectivity index (χ4v) is 2.68. The van der Waals surface area contributed by atoms with Crippen LogP contribution in [0.3, 0.4) is 0 Å². The predicted octanol–water partition coefficient (Wildman–Crippen LogP) is 3.66. The SMILES string of the molecule is Cc1c(O)ccc2c(CN[C@@H](C)c3ccccc3)cc(=O)oc12. The Balaban J connectivity index is 1.91. The van der Waals surface area contributed by atoms with Crippen LogP contribution in [-0.2, 0) is 6.54 Å². The number of aromatic hydroxyl groups is 1. The second kappa shape index (κ2) is 6.26. The molecule has 0 unspecified atom stereocenters. The fraction of sp³-hybridized carbons (Fsp3) is 0.211. The van der Waals surface area contributed by atoms with E-state index in [9.17, 15) is 9.90 Å². The van der Waals surface area contributed by atoms with Crippen LogP contribution in [0.15, 0.2) is 57.7 Å². The average Bonchev–Trinajstić information content (AvgIpc) is 2.57. The van der Waals surface area contributed by atoms with Crippen molar-refractivity contribution in [3.63, 3.8) is 0 Å². The Morgan fingerprint density at radius 1 is 1.17 bits per heavy atom. The first-order chi connectivity index (χ1) is 11.1. The highest BCUT2D eigenvalue weighted by Gasteiger charge is 2.12. The molecule has 0 amide bonds. The minimum atomic E-state index is -0.407. The van der Waals surface area contributed by atoms with E-state index in [4.69, 9.17) is 4.42 Å². The zero-order valence-corrected chi connectivity index (χ0v) is 13.2. The maximum atomic E-state index is 11.8. The van der Waals surface area contributed by atoms with Gasteiger partial charge < -0.3 is 14.8 Å². The molecule has 4 heteroatoms. The Bertz CT molecular complexity index is 884. The Labute approximate surface area is 134 Å². The highest BCUT2D eigenvalue weighted by molar-refractivity contribution is 5.84. The molecular formula is C19H19NO3. The van der Waals surface area contributed by atoms with Gasteiger partial charge in [0.05, 0.1) is 0 Å². The molecule has 1 atom stereocenters. The summed E-state index contributed by atoms with van der Waals surface area (Å²) in [7, 11) is 0. The number of phenolic OH excluding ortho intramolecular Hbond substituents is 1. The average molecular weight is 309 g/mol. The van der Waals surface area contributed by atoms with Crippen LogP contribution in [0.4, 0.5) is 0 Å². The van der Waals surface area contributed by atoms with Crippen molar-refractivity contribution in [2.75, 3.05) is 0 Å². The number of hydrogen-bond donors (Lipinski definition) is 2. The molecule has 3 aromatic rings. The first-order valence-corrected chi connectivity index (χ1v) is 7.60. The van der Waals surface area contributed by atoms with Gasteiger partial charge in [0.1, 0.15) is 11.3 Å². The van der Waals surface area contributed by atoms with Gasteiger partial charge in [-0.25, -0.2) is 4.79 Å². The van der Waals surface area contributed by atoms with Crippen LogP contribution < -0.4 is 10.9 Å². The second-order valence-electron chi connectivity index (χ2n) is 5.69. The van der Waals surface area contributed by atoms with Crippen molar-refractivity contribution in [1.29, 1.82) is 0 Å². The molecule has 0 fully saturated rings. The Morgan fingerprint density at radius 2 is 1.91 bits per heavy atom. The number of fused-ring (bicyclic) bond motifs is 1. The number of nitrogens with one attached hydrogen (secondary N) is 1. The van der Waals surface area contributed by atoms with Crippen LogP contribution >= 0.6 is 0 Å². The number of benzene rings is 2. The van der Waals surface area contributed by atoms with Gasteiger partial charge in [-0.2, -0.15) is 0 Å². The third kappa shape index (κ3) is 3.12. The van der Waals surface area contributed by atoms with Gasteiger partial charge in [-0.05, 0) is 37.1 Å². The number of rotatable bonds is 4. The molecule has 0 bridgehead atoms. The number of hydrogen-bond acceptors (Lipinski definition) is 4. The van der Waals surface area contributed by atoms with Crippen LogP contribution in [-0.4, -0.2) is 5.11 Å². The van der Waals surface area contributed by atoms with Gasteiger partial charge >= 0.3 is 5.63 Å². The lowest BCUT2D eigenvalue weighted by atomic mass is 10.0. The molecule has 0 aliphatic heterocycles. The van der Waals surface area contributed by atoms with Crippen molar-refractivity contribution in [3.05, 3.63) is 75.6 Å². The van der Waals surface area contributed by atoms with Gasteiger partial charge in [0, 0.05) is 29.6 Å². The minimum absolute atomic E-state index is 0.128. The lowest BCUT2D eigenvalue weighted by molar-refractivity contribution is 0.468. The minimum Gasteiger partial charge on any atom is -0.508 e. The normalized spacial score (nSPS) is 12.4. The summed E-state index contributed by atoms with van der Waals surface area (Å²) in [6.07, 6.45) is 0. The van der Waals surface area contributed by atoms with Crippen molar-refractivity contribution in [2.45, 2.75) is 26.4 Å². The third-order valence-corrected chi connectivity index (χ3v) is 4.12. The van der Waals surface area contributed by atoms with E-state index in [-0.39, 0.29) is 11.8 Å². The molecule has 1 heterocycles. The highest BCUT2D eigenvalue weighted by atomic mass is 16.4. The number of phenols is 1. The summed E-state index contributed by atoms with van der Waals surface area (Å²) in [4.78, 5) is 11.8. The topological polar surface area (TPSA) is 62.5 Å². The van der Waals surface area contributed by atoms with E-state index in [1.807, 2.05) is 18.2 Å². The summed E-state index contributed by atoms with van der Waals surface area (Å²) >= 11 is 0. The molecule has 2 N–H and O–H groups in total. The summed E-state index contributed by atoms with van der Waals surface area (Å²) < 4.78 is 5.26. The van der Waals surface area contributed by atoms with Gasteiger partial charge in [0.2, 0.25) is 0 Å². The molecular weight excluding hydrogens is 290 g/mol. The van der Waals surface area contributed by atoms with Crippen molar-refractivity contribution < 1.29 is 9.52 Å². The van der Waals surface area contributed by atoms with E-state index in [0.717, 1.165) is 10.9 Å². The van der Waals surface area contributed by atoms with Gasteiger partial charge in [-0.1, -0.05) is 30.3 Å². The van der Waals surface area contributed by atoms with Crippen molar-refractivity contribution in [1.82, 2.24) is 5.32 Å². The third-order valence-electron chi connectivity index (χ3n) is 4.12. The molecule has 0 aliphatic rings. The molecule has 1 aromatic heterocycles. The van der Waals surface area contributed by atoms with E-state index >= 15 is 0 Å². The molecule has 0 spiro atoms. The molecule has 0 aliphatic carbocycles. The Morgan fingerprint density at radius 3 is 2.65 bits per heavy atom. The van der Waals surface area contributed by atoms with E-state index < -0.39 is 5.63 Å². The standard InChI is InChI=1S/C19H19NO3/c1-12-17(21)9-8-16-15(10-18(22)23-19(12)16)11-20-13(2)14-6-4-3-5-7-14/h3-10,13,20-21H,11H2,1-2H3/t13-/m0/s1. The Kier molecular flexibility index (Phi) is 4.17. The molecule has 0 radical (unpaired) electrons. The van der Waals surface area contributed by atoms with Gasteiger partial charge in [-0.3, -0.25) is 0 Å². The van der Waals surface area contributed by atoms with Crippen LogP contribution in [0.1, 0.15) is 29.7 Å². The highest BCUT2D eigenvalue weighted by Crippen LogP contribution is 2.27. The summed E-state index contributed by atoms with van der Waals surface area (Å²) in [6.45, 7) is 4.37. The zero-order chi connectivity index (χ0) is 16.4. The van der Waals surface area contributed by atoms with E-state index in [1.165, 1.54) is 11.6 Å². The van der Waals surface area contributed by atoms with E-state index in [0.29, 0.717) is 17.7 Å². The summed E-state index contributed by atoms with van der Waals surface area (Å²) in [5.41, 5.74) is 2.67. The van der Waals surface area contributed by atoms with Crippen LogP contribution in [0.25, 0.3) is 11.0 Å². The van der Waals surface area contributed by atoms with Crippen molar-refractivity contribution in [3.8, 4) is 5.75 Å². The van der Waals surface area contributed by atoms with Gasteiger partial charge in [0.15, 0.2) is 0 Å². The first-order valence-electron chi connectivity index (χ1n) is 7.60. The van der Waals surface area contributed by atoms with Crippen LogP contribution in [0.2, 0.25) is 0 Å². The molecule has 0 saturated heterocycles. The molecule has 118 valence electrons. The van der Waals surface area contributed by atoms with Gasteiger partial charge in [0.25, 0.3) is 0 Å².